The van der Waals surface area contributed by atoms with E-state index < -0.39 is 94.7 Å². The van der Waals surface area contributed by atoms with Gasteiger partial charge in [0.15, 0.2) is 24.1 Å². The minimum Gasteiger partial charge on any atom is -0.481 e. The molecule has 3 fully saturated rings. The fourth-order valence-corrected chi connectivity index (χ4v) is 9.70. The smallest absolute Gasteiger partial charge is 0.317 e. The third kappa shape index (κ3) is 7.25. The van der Waals surface area contributed by atoms with Crippen LogP contribution in [0.3, 0.4) is 0 Å². The second-order valence-electron chi connectivity index (χ2n) is 14.4. The van der Waals surface area contributed by atoms with Crippen LogP contribution in [0.1, 0.15) is 92.9 Å². The minimum absolute atomic E-state index is 0.00321. The van der Waals surface area contributed by atoms with Crippen LogP contribution in [0.25, 0.3) is 0 Å². The van der Waals surface area contributed by atoms with Crippen LogP contribution in [-0.2, 0) is 57.2 Å². The molecular formula is C37H49ClO13. The number of ketones is 2. The Balaban J connectivity index is 1.81. The lowest BCUT2D eigenvalue weighted by Gasteiger charge is -2.64. The average Bonchev–Trinajstić information content (AvgIpc) is 3.30. The maximum absolute atomic E-state index is 14.4. The molecule has 0 radical (unpaired) electrons. The fourth-order valence-electron chi connectivity index (χ4n) is 9.12. The van der Waals surface area contributed by atoms with Crippen molar-refractivity contribution < 1.29 is 62.4 Å². The summed E-state index contributed by atoms with van der Waals surface area (Å²) in [6, 6.07) is 0. The molecule has 1 N–H and O–H groups in total. The average molecular weight is 737 g/mol. The van der Waals surface area contributed by atoms with E-state index in [1.54, 1.807) is 32.9 Å². The molecule has 0 aromatic rings. The van der Waals surface area contributed by atoms with Crippen LogP contribution in [0.15, 0.2) is 23.8 Å². The number of carbonyl (C=O) groups excluding carboxylic acids is 6. The second-order valence-corrected chi connectivity index (χ2v) is 15.1. The van der Waals surface area contributed by atoms with E-state index in [1.165, 1.54) is 6.08 Å². The van der Waals surface area contributed by atoms with Crippen molar-refractivity contribution in [3.8, 4) is 0 Å². The standard InChI is InChI=1S/C37H49ClO13/c1-7-30(43)49-20-27(40)37(51-32(45)9-3)21(4)14-26-25-11-10-22-15-23(39)12-13-34(22,5)36(25,38)28(17-35(26,37)6)47-18-24(50-31(44)8-2)19-48-33(46)16-29(41)42/h12-13,15,21,24-26,28H,7-11,14,16-20H2,1-6H3,(H,41,42)/t21-,24?,25-,26-,28-,34-,35-,36?,37-/m0/s1. The highest BCUT2D eigenvalue weighted by Crippen LogP contribution is 2.72. The SMILES string of the molecule is CCC(=O)OCC(=O)[C@@]1(OC(=O)CC)[C@@H](C)C[C@H]2[C@@H]3CCC4=CC(=O)C=C[C@]4(C)C3(Cl)[C@@H](OCC(COC(=O)CC(=O)O)OC(=O)CC)C[C@@]21C. The zero-order valence-electron chi connectivity index (χ0n) is 30.1. The summed E-state index contributed by atoms with van der Waals surface area (Å²) >= 11 is 7.96. The molecule has 0 aromatic carbocycles. The number of ether oxygens (including phenoxy) is 5. The molecule has 4 rings (SSSR count). The Morgan fingerprint density at radius 3 is 2.24 bits per heavy atom. The topological polar surface area (TPSA) is 186 Å². The first-order chi connectivity index (χ1) is 23.9. The molecule has 0 amide bonds. The van der Waals surface area contributed by atoms with Gasteiger partial charge < -0.3 is 28.8 Å². The third-order valence-electron chi connectivity index (χ3n) is 11.6. The zero-order valence-corrected chi connectivity index (χ0v) is 30.9. The molecule has 9 atom stereocenters. The van der Waals surface area contributed by atoms with Gasteiger partial charge in [0.05, 0.1) is 17.6 Å². The number of fused-ring (bicyclic) bond motifs is 5. The second kappa shape index (κ2) is 15.6. The van der Waals surface area contributed by atoms with Crippen LogP contribution in [0, 0.1) is 28.6 Å². The molecule has 51 heavy (non-hydrogen) atoms. The van der Waals surface area contributed by atoms with Gasteiger partial charge in [-0.15, -0.1) is 11.6 Å². The van der Waals surface area contributed by atoms with Gasteiger partial charge in [-0.05, 0) is 49.7 Å². The molecule has 282 valence electrons. The van der Waals surface area contributed by atoms with Gasteiger partial charge in [-0.3, -0.25) is 33.6 Å². The predicted molar refractivity (Wildman–Crippen MR) is 180 cm³/mol. The summed E-state index contributed by atoms with van der Waals surface area (Å²) in [6.07, 6.45) is 3.56. The van der Waals surface area contributed by atoms with Crippen molar-refractivity contribution >= 4 is 53.0 Å². The Labute approximate surface area is 302 Å². The zero-order chi connectivity index (χ0) is 37.9. The quantitative estimate of drug-likeness (QED) is 0.108. The monoisotopic (exact) mass is 736 g/mol. The molecule has 0 aliphatic heterocycles. The molecular weight excluding hydrogens is 688 g/mol. The van der Waals surface area contributed by atoms with E-state index in [0.717, 1.165) is 5.57 Å². The Kier molecular flexibility index (Phi) is 12.3. The van der Waals surface area contributed by atoms with Gasteiger partial charge in [0, 0.05) is 36.0 Å². The van der Waals surface area contributed by atoms with Gasteiger partial charge >= 0.3 is 29.8 Å². The number of rotatable bonds is 15. The molecule has 4 aliphatic carbocycles. The summed E-state index contributed by atoms with van der Waals surface area (Å²) in [5, 5.41) is 8.99. The number of alkyl halides is 1. The number of carboxylic acid groups (broad SMARTS) is 1. The first kappa shape index (κ1) is 40.2. The summed E-state index contributed by atoms with van der Waals surface area (Å²) in [5.41, 5.74) is -2.87. The van der Waals surface area contributed by atoms with Gasteiger partial charge in [-0.25, -0.2) is 0 Å². The molecule has 0 saturated heterocycles. The lowest BCUT2D eigenvalue weighted by molar-refractivity contribution is -0.209. The molecule has 0 aromatic heterocycles. The summed E-state index contributed by atoms with van der Waals surface area (Å²) in [5.74, 6) is -6.04. The first-order valence-corrected chi connectivity index (χ1v) is 18.0. The van der Waals surface area contributed by atoms with E-state index in [1.807, 2.05) is 20.8 Å². The highest BCUT2D eigenvalue weighted by molar-refractivity contribution is 6.26. The maximum Gasteiger partial charge on any atom is 0.317 e. The molecule has 0 spiro atoms. The van der Waals surface area contributed by atoms with E-state index >= 15 is 0 Å². The summed E-state index contributed by atoms with van der Waals surface area (Å²) in [6.45, 7) is 9.08. The van der Waals surface area contributed by atoms with E-state index in [0.29, 0.717) is 19.3 Å². The first-order valence-electron chi connectivity index (χ1n) is 17.7. The molecule has 0 bridgehead atoms. The fraction of sp³-hybridized carbons (Fsp3) is 0.703. The number of allylic oxidation sites excluding steroid dienone is 4. The van der Waals surface area contributed by atoms with Gasteiger partial charge in [0.2, 0.25) is 5.78 Å². The van der Waals surface area contributed by atoms with Crippen molar-refractivity contribution in [3.63, 3.8) is 0 Å². The van der Waals surface area contributed by atoms with Crippen molar-refractivity contribution in [1.82, 2.24) is 0 Å². The third-order valence-corrected chi connectivity index (χ3v) is 12.5. The van der Waals surface area contributed by atoms with Crippen molar-refractivity contribution in [1.29, 1.82) is 0 Å². The number of carboxylic acids is 1. The van der Waals surface area contributed by atoms with Crippen LogP contribution >= 0.6 is 11.6 Å². The van der Waals surface area contributed by atoms with Crippen LogP contribution in [0.5, 0.6) is 0 Å². The summed E-state index contributed by atoms with van der Waals surface area (Å²) < 4.78 is 28.8. The van der Waals surface area contributed by atoms with E-state index in [-0.39, 0.29) is 49.9 Å². The highest BCUT2D eigenvalue weighted by Gasteiger charge is 2.76. The van der Waals surface area contributed by atoms with Crippen LogP contribution in [0.4, 0.5) is 0 Å². The number of hydrogen-bond donors (Lipinski definition) is 1. The Morgan fingerprint density at radius 1 is 0.941 bits per heavy atom. The lowest BCUT2D eigenvalue weighted by Crippen LogP contribution is -2.70. The maximum atomic E-state index is 14.4. The van der Waals surface area contributed by atoms with E-state index in [4.69, 9.17) is 40.4 Å². The Morgan fingerprint density at radius 2 is 1.61 bits per heavy atom. The molecule has 2 unspecified atom stereocenters. The van der Waals surface area contributed by atoms with Crippen LogP contribution < -0.4 is 0 Å². The lowest BCUT2D eigenvalue weighted by atomic mass is 9.45. The summed E-state index contributed by atoms with van der Waals surface area (Å²) in [4.78, 5) is 86.6. The van der Waals surface area contributed by atoms with Crippen LogP contribution in [0.2, 0.25) is 0 Å². The van der Waals surface area contributed by atoms with Crippen molar-refractivity contribution in [3.05, 3.63) is 23.8 Å². The predicted octanol–water partition coefficient (Wildman–Crippen LogP) is 4.45. The van der Waals surface area contributed by atoms with Gasteiger partial charge in [-0.1, -0.05) is 53.2 Å². The van der Waals surface area contributed by atoms with Crippen molar-refractivity contribution in [2.75, 3.05) is 19.8 Å². The van der Waals surface area contributed by atoms with E-state index in [9.17, 15) is 33.6 Å². The van der Waals surface area contributed by atoms with Crippen molar-refractivity contribution in [2.45, 2.75) is 116 Å². The van der Waals surface area contributed by atoms with Gasteiger partial charge in [-0.2, -0.15) is 0 Å². The van der Waals surface area contributed by atoms with Crippen LogP contribution in [-0.4, -0.2) is 89.0 Å². The molecule has 13 nitrogen and oxygen atoms in total. The number of Topliss-reactive ketones (excluding diaryl/α,β-unsaturated/α-hetero) is 1. The summed E-state index contributed by atoms with van der Waals surface area (Å²) in [7, 11) is 0. The molecule has 0 heterocycles. The minimum atomic E-state index is -1.71. The Bertz CT molecular complexity index is 1500. The van der Waals surface area contributed by atoms with Gasteiger partial charge in [0.25, 0.3) is 0 Å². The normalized spacial score (nSPS) is 34.2. The molecule has 4 aliphatic rings. The molecule has 14 heteroatoms. The number of hydrogen-bond acceptors (Lipinski definition) is 12. The highest BCUT2D eigenvalue weighted by atomic mass is 35.5. The van der Waals surface area contributed by atoms with Crippen molar-refractivity contribution in [2.24, 2.45) is 28.6 Å². The number of aliphatic carboxylic acids is 1. The number of halogens is 1. The Hall–Kier alpha value is -3.58. The number of esters is 4. The molecule has 3 saturated carbocycles. The van der Waals surface area contributed by atoms with E-state index in [2.05, 4.69) is 0 Å². The largest absolute Gasteiger partial charge is 0.481 e. The number of carbonyl (C=O) groups is 7. The van der Waals surface area contributed by atoms with Gasteiger partial charge in [0.1, 0.15) is 13.0 Å².